The fourth-order valence-electron chi connectivity index (χ4n) is 3.15. The zero-order valence-corrected chi connectivity index (χ0v) is 18.2. The van der Waals surface area contributed by atoms with E-state index in [0.717, 1.165) is 26.6 Å². The van der Waals surface area contributed by atoms with E-state index in [1.807, 2.05) is 68.4 Å². The topological polar surface area (TPSA) is 66.5 Å². The number of amides is 1. The molecule has 1 atom stereocenters. The molecule has 0 radical (unpaired) electrons. The molecule has 0 bridgehead atoms. The van der Waals surface area contributed by atoms with Gasteiger partial charge in [0.15, 0.2) is 0 Å². The Morgan fingerprint density at radius 1 is 0.833 bits per heavy atom. The van der Waals surface area contributed by atoms with E-state index >= 15 is 0 Å². The van der Waals surface area contributed by atoms with Crippen molar-refractivity contribution >= 4 is 15.9 Å². The van der Waals surface area contributed by atoms with Gasteiger partial charge in [0.25, 0.3) is 0 Å². The Kier molecular flexibility index (Phi) is 6.70. The summed E-state index contributed by atoms with van der Waals surface area (Å²) in [4.78, 5) is 13.0. The molecule has 0 aliphatic rings. The quantitative estimate of drug-likeness (QED) is 0.629. The van der Waals surface area contributed by atoms with Crippen molar-refractivity contribution in [2.24, 2.45) is 0 Å². The van der Waals surface area contributed by atoms with E-state index in [4.69, 9.17) is 0 Å². The van der Waals surface area contributed by atoms with Gasteiger partial charge in [-0.25, -0.2) is 8.42 Å². The summed E-state index contributed by atoms with van der Waals surface area (Å²) < 4.78 is 26.6. The van der Waals surface area contributed by atoms with Crippen molar-refractivity contribution in [3.8, 4) is 0 Å². The maximum atomic E-state index is 12.8. The van der Waals surface area contributed by atoms with Crippen LogP contribution in [0.5, 0.6) is 0 Å². The summed E-state index contributed by atoms with van der Waals surface area (Å²) in [5, 5.41) is 2.99. The van der Waals surface area contributed by atoms with E-state index in [9.17, 15) is 13.2 Å². The van der Waals surface area contributed by atoms with Gasteiger partial charge in [-0.3, -0.25) is 4.79 Å². The first-order valence-electron chi connectivity index (χ1n) is 9.71. The number of hydrogen-bond acceptors (Lipinski definition) is 3. The third kappa shape index (κ3) is 5.14. The second kappa shape index (κ2) is 9.24. The van der Waals surface area contributed by atoms with Crippen LogP contribution in [0.3, 0.4) is 0 Å². The average Bonchev–Trinajstić information content (AvgIpc) is 2.73. The fraction of sp³-hybridized carbons (Fsp3) is 0.208. The SMILES string of the molecule is Cc1ccc(C(NC(=O)CN(C)S(=O)(=O)c2ccc(C)cc2)c2ccccc2)cc1. The largest absolute Gasteiger partial charge is 0.344 e. The van der Waals surface area contributed by atoms with Crippen molar-refractivity contribution in [1.29, 1.82) is 0 Å². The van der Waals surface area contributed by atoms with Crippen molar-refractivity contribution in [3.05, 3.63) is 101 Å². The standard InChI is InChI=1S/C24H26N2O3S/c1-18-9-13-21(14-10-18)24(20-7-5-4-6-8-20)25-23(27)17-26(3)30(28,29)22-15-11-19(2)12-16-22/h4-16,24H,17H2,1-3H3,(H,25,27). The van der Waals surface area contributed by atoms with Gasteiger partial charge in [0.05, 0.1) is 17.5 Å². The third-order valence-corrected chi connectivity index (χ3v) is 6.76. The number of aryl methyl sites for hydroxylation is 2. The lowest BCUT2D eigenvalue weighted by atomic mass is 9.98. The maximum Gasteiger partial charge on any atom is 0.243 e. The van der Waals surface area contributed by atoms with Crippen LogP contribution >= 0.6 is 0 Å². The van der Waals surface area contributed by atoms with Gasteiger partial charge in [-0.2, -0.15) is 4.31 Å². The van der Waals surface area contributed by atoms with Gasteiger partial charge >= 0.3 is 0 Å². The first kappa shape index (κ1) is 21.7. The Morgan fingerprint density at radius 3 is 1.90 bits per heavy atom. The number of hydrogen-bond donors (Lipinski definition) is 1. The number of nitrogens with one attached hydrogen (secondary N) is 1. The third-order valence-electron chi connectivity index (χ3n) is 4.94. The van der Waals surface area contributed by atoms with Crippen LogP contribution in [0.1, 0.15) is 28.3 Å². The zero-order chi connectivity index (χ0) is 21.7. The summed E-state index contributed by atoms with van der Waals surface area (Å²) >= 11 is 0. The molecule has 6 heteroatoms. The molecule has 0 saturated heterocycles. The van der Waals surface area contributed by atoms with E-state index in [1.165, 1.54) is 7.05 Å². The summed E-state index contributed by atoms with van der Waals surface area (Å²) in [6.45, 7) is 3.62. The Morgan fingerprint density at radius 2 is 1.33 bits per heavy atom. The van der Waals surface area contributed by atoms with E-state index < -0.39 is 10.0 Å². The number of carbonyl (C=O) groups is 1. The minimum absolute atomic E-state index is 0.168. The van der Waals surface area contributed by atoms with Crippen LogP contribution in [0.15, 0.2) is 83.8 Å². The van der Waals surface area contributed by atoms with Crippen molar-refractivity contribution in [2.45, 2.75) is 24.8 Å². The number of rotatable bonds is 7. The summed E-state index contributed by atoms with van der Waals surface area (Å²) in [7, 11) is -2.33. The summed E-state index contributed by atoms with van der Waals surface area (Å²) in [5.41, 5.74) is 3.96. The predicted molar refractivity (Wildman–Crippen MR) is 119 cm³/mol. The number of nitrogens with zero attached hydrogens (tertiary/aromatic N) is 1. The Labute approximate surface area is 178 Å². The second-order valence-corrected chi connectivity index (χ2v) is 9.44. The Balaban J connectivity index is 1.79. The first-order chi connectivity index (χ1) is 14.3. The number of likely N-dealkylation sites (N-methyl/N-ethyl adjacent to an activating group) is 1. The van der Waals surface area contributed by atoms with Crippen LogP contribution in [0.4, 0.5) is 0 Å². The molecule has 5 nitrogen and oxygen atoms in total. The number of sulfonamides is 1. The second-order valence-electron chi connectivity index (χ2n) is 7.40. The molecule has 0 aliphatic heterocycles. The van der Waals surface area contributed by atoms with Gasteiger partial charge in [-0.1, -0.05) is 77.9 Å². The van der Waals surface area contributed by atoms with Crippen molar-refractivity contribution in [2.75, 3.05) is 13.6 Å². The highest BCUT2D eigenvalue weighted by molar-refractivity contribution is 7.89. The highest BCUT2D eigenvalue weighted by atomic mass is 32.2. The lowest BCUT2D eigenvalue weighted by molar-refractivity contribution is -0.121. The molecule has 0 aromatic heterocycles. The predicted octanol–water partition coefficient (Wildman–Crippen LogP) is 3.83. The van der Waals surface area contributed by atoms with Crippen molar-refractivity contribution < 1.29 is 13.2 Å². The molecule has 0 heterocycles. The van der Waals surface area contributed by atoms with Crippen molar-refractivity contribution in [1.82, 2.24) is 9.62 Å². The minimum atomic E-state index is -3.75. The van der Waals surface area contributed by atoms with Gasteiger partial charge in [0.1, 0.15) is 0 Å². The van der Waals surface area contributed by atoms with Crippen LogP contribution in [-0.2, 0) is 14.8 Å². The lowest BCUT2D eigenvalue weighted by Gasteiger charge is -2.22. The van der Waals surface area contributed by atoms with E-state index in [2.05, 4.69) is 5.32 Å². The zero-order valence-electron chi connectivity index (χ0n) is 17.4. The average molecular weight is 423 g/mol. The highest BCUT2D eigenvalue weighted by Gasteiger charge is 2.24. The number of carbonyl (C=O) groups excluding carboxylic acids is 1. The molecule has 156 valence electrons. The van der Waals surface area contributed by atoms with Crippen molar-refractivity contribution in [3.63, 3.8) is 0 Å². The molecule has 0 fully saturated rings. The minimum Gasteiger partial charge on any atom is -0.344 e. The van der Waals surface area contributed by atoms with E-state index in [-0.39, 0.29) is 23.4 Å². The first-order valence-corrected chi connectivity index (χ1v) is 11.2. The van der Waals surface area contributed by atoms with Gasteiger partial charge in [-0.15, -0.1) is 0 Å². The smallest absolute Gasteiger partial charge is 0.243 e. The Bertz CT molecular complexity index is 1090. The molecule has 1 unspecified atom stereocenters. The van der Waals surface area contributed by atoms with Crippen LogP contribution in [0, 0.1) is 13.8 Å². The molecule has 30 heavy (non-hydrogen) atoms. The molecular formula is C24H26N2O3S. The molecule has 0 saturated carbocycles. The van der Waals surface area contributed by atoms with Gasteiger partial charge in [0.2, 0.25) is 15.9 Å². The molecule has 0 aliphatic carbocycles. The fourth-order valence-corrected chi connectivity index (χ4v) is 4.27. The van der Waals surface area contributed by atoms with Gasteiger partial charge in [0, 0.05) is 7.05 Å². The van der Waals surface area contributed by atoms with Crippen LogP contribution in [-0.4, -0.2) is 32.2 Å². The lowest BCUT2D eigenvalue weighted by Crippen LogP contribution is -2.40. The van der Waals surface area contributed by atoms with Crippen LogP contribution < -0.4 is 5.32 Å². The Hall–Kier alpha value is -2.96. The monoisotopic (exact) mass is 422 g/mol. The maximum absolute atomic E-state index is 12.8. The summed E-state index contributed by atoms with van der Waals surface area (Å²) in [6.07, 6.45) is 0. The van der Waals surface area contributed by atoms with Crippen LogP contribution in [0.2, 0.25) is 0 Å². The molecule has 0 spiro atoms. The molecule has 1 N–H and O–H groups in total. The number of benzene rings is 3. The molecular weight excluding hydrogens is 396 g/mol. The van der Waals surface area contributed by atoms with E-state index in [0.29, 0.717) is 0 Å². The highest BCUT2D eigenvalue weighted by Crippen LogP contribution is 2.23. The molecule has 3 aromatic carbocycles. The van der Waals surface area contributed by atoms with Gasteiger partial charge in [-0.05, 0) is 37.1 Å². The van der Waals surface area contributed by atoms with Gasteiger partial charge < -0.3 is 5.32 Å². The normalized spacial score (nSPS) is 12.5. The summed E-state index contributed by atoms with van der Waals surface area (Å²) in [6, 6.07) is 23.8. The molecule has 1 amide bonds. The molecule has 3 rings (SSSR count). The van der Waals surface area contributed by atoms with Crippen LogP contribution in [0.25, 0.3) is 0 Å². The summed E-state index contributed by atoms with van der Waals surface area (Å²) in [5.74, 6) is -0.373. The molecule has 3 aromatic rings. The van der Waals surface area contributed by atoms with E-state index in [1.54, 1.807) is 24.3 Å².